The van der Waals surface area contributed by atoms with E-state index in [4.69, 9.17) is 0 Å². The molecule has 0 unspecified atom stereocenters. The Bertz CT molecular complexity index is 746. The molecule has 0 aliphatic rings. The van der Waals surface area contributed by atoms with E-state index < -0.39 is 0 Å². The molecule has 0 heterocycles. The molecule has 0 saturated carbocycles. The quantitative estimate of drug-likeness (QED) is 0.465. The second kappa shape index (κ2) is 8.50. The number of hydrogen-bond donors (Lipinski definition) is 0. The molecule has 0 spiro atoms. The highest BCUT2D eigenvalue weighted by atomic mass is 16.1. The van der Waals surface area contributed by atoms with Crippen LogP contribution in [0.5, 0.6) is 0 Å². The van der Waals surface area contributed by atoms with E-state index in [2.05, 4.69) is 42.7 Å². The largest absolute Gasteiger partial charge is 0.298 e. The van der Waals surface area contributed by atoms with Crippen molar-refractivity contribution >= 4 is 6.29 Å². The van der Waals surface area contributed by atoms with Crippen molar-refractivity contribution in [2.24, 2.45) is 0 Å². The van der Waals surface area contributed by atoms with Crippen molar-refractivity contribution in [3.05, 3.63) is 70.8 Å². The monoisotopic (exact) mass is 286 g/mol. The summed E-state index contributed by atoms with van der Waals surface area (Å²) in [6.07, 6.45) is 3.40. The molecule has 22 heavy (non-hydrogen) atoms. The molecule has 2 aromatic carbocycles. The number of carbonyl (C=O) groups excluding carboxylic acids is 1. The van der Waals surface area contributed by atoms with Crippen LogP contribution < -0.4 is 0 Å². The van der Waals surface area contributed by atoms with E-state index in [1.165, 1.54) is 5.56 Å². The third-order valence-corrected chi connectivity index (χ3v) is 3.20. The van der Waals surface area contributed by atoms with Crippen molar-refractivity contribution in [2.45, 2.75) is 26.2 Å². The van der Waals surface area contributed by atoms with Gasteiger partial charge in [-0.3, -0.25) is 4.79 Å². The minimum atomic E-state index is 0.647. The maximum absolute atomic E-state index is 10.9. The van der Waals surface area contributed by atoms with E-state index in [1.807, 2.05) is 30.3 Å². The summed E-state index contributed by atoms with van der Waals surface area (Å²) in [6, 6.07) is 15.6. The highest BCUT2D eigenvalue weighted by Gasteiger charge is 1.94. The van der Waals surface area contributed by atoms with E-state index in [0.717, 1.165) is 36.7 Å². The third kappa shape index (κ3) is 4.97. The second-order valence-corrected chi connectivity index (χ2v) is 5.03. The summed E-state index contributed by atoms with van der Waals surface area (Å²) in [4.78, 5) is 10.9. The Morgan fingerprint density at radius 3 is 2.32 bits per heavy atom. The first kappa shape index (κ1) is 15.6. The second-order valence-electron chi connectivity index (χ2n) is 5.03. The van der Waals surface area contributed by atoms with Crippen molar-refractivity contribution in [3.8, 4) is 23.7 Å². The smallest absolute Gasteiger partial charge is 0.151 e. The molecule has 2 aromatic rings. The van der Waals surface area contributed by atoms with Crippen LogP contribution in [0.2, 0.25) is 0 Å². The van der Waals surface area contributed by atoms with Crippen LogP contribution in [0.15, 0.2) is 48.5 Å². The van der Waals surface area contributed by atoms with Gasteiger partial charge in [-0.2, -0.15) is 0 Å². The van der Waals surface area contributed by atoms with Crippen LogP contribution in [0, 0.1) is 30.6 Å². The number of aryl methyl sites for hydroxylation is 1. The van der Waals surface area contributed by atoms with Gasteiger partial charge in [-0.25, -0.2) is 0 Å². The van der Waals surface area contributed by atoms with E-state index in [0.29, 0.717) is 5.56 Å². The molecular formula is C21H18O. The summed E-state index contributed by atoms with van der Waals surface area (Å²) in [6.45, 7) is 2.07. The number of hydrogen-bond acceptors (Lipinski definition) is 1. The lowest BCUT2D eigenvalue weighted by atomic mass is 10.1. The predicted octanol–water partition coefficient (Wildman–Crippen LogP) is 4.38. The standard InChI is InChI=1S/C21H18O/c1-18-13-15-19(16-14-18)9-5-3-2-4-6-10-20-11-7-8-12-21(20)17-22/h7-8,11-17H,2-4H2,1H3. The molecule has 1 nitrogen and oxygen atoms in total. The van der Waals surface area contributed by atoms with Gasteiger partial charge in [0.1, 0.15) is 0 Å². The highest BCUT2D eigenvalue weighted by molar-refractivity contribution is 5.79. The van der Waals surface area contributed by atoms with Crippen molar-refractivity contribution in [3.63, 3.8) is 0 Å². The van der Waals surface area contributed by atoms with E-state index >= 15 is 0 Å². The van der Waals surface area contributed by atoms with E-state index in [1.54, 1.807) is 6.07 Å². The average Bonchev–Trinajstić information content (AvgIpc) is 2.56. The van der Waals surface area contributed by atoms with Gasteiger partial charge in [-0.1, -0.05) is 59.6 Å². The molecule has 0 radical (unpaired) electrons. The summed E-state index contributed by atoms with van der Waals surface area (Å²) in [5.74, 6) is 12.5. The Labute approximate surface area is 132 Å². The molecule has 0 amide bonds. The van der Waals surface area contributed by atoms with Crippen molar-refractivity contribution in [1.82, 2.24) is 0 Å². The Morgan fingerprint density at radius 2 is 1.59 bits per heavy atom. The zero-order chi connectivity index (χ0) is 15.6. The van der Waals surface area contributed by atoms with Gasteiger partial charge >= 0.3 is 0 Å². The summed E-state index contributed by atoms with van der Waals surface area (Å²) in [5.41, 5.74) is 3.74. The molecule has 0 bridgehead atoms. The molecule has 0 N–H and O–H groups in total. The Balaban J connectivity index is 1.80. The molecule has 1 heteroatoms. The normalized spacial score (nSPS) is 9.14. The van der Waals surface area contributed by atoms with Gasteiger partial charge in [0.2, 0.25) is 0 Å². The summed E-state index contributed by atoms with van der Waals surface area (Å²) in [5, 5.41) is 0. The van der Waals surface area contributed by atoms with Gasteiger partial charge in [-0.15, -0.1) is 0 Å². The average molecular weight is 286 g/mol. The molecule has 0 aliphatic carbocycles. The summed E-state index contributed by atoms with van der Waals surface area (Å²) >= 11 is 0. The van der Waals surface area contributed by atoms with Crippen LogP contribution >= 0.6 is 0 Å². The molecule has 0 saturated heterocycles. The van der Waals surface area contributed by atoms with Gasteiger partial charge < -0.3 is 0 Å². The zero-order valence-corrected chi connectivity index (χ0v) is 12.7. The molecule has 0 aliphatic heterocycles. The molecule has 2 rings (SSSR count). The van der Waals surface area contributed by atoms with Gasteiger partial charge in [0.05, 0.1) is 0 Å². The fourth-order valence-corrected chi connectivity index (χ4v) is 1.94. The van der Waals surface area contributed by atoms with Crippen molar-refractivity contribution in [1.29, 1.82) is 0 Å². The Hall–Kier alpha value is -2.77. The lowest BCUT2D eigenvalue weighted by Gasteiger charge is -1.93. The number of carbonyl (C=O) groups is 1. The number of benzene rings is 2. The first-order valence-corrected chi connectivity index (χ1v) is 7.38. The summed E-state index contributed by atoms with van der Waals surface area (Å²) in [7, 11) is 0. The zero-order valence-electron chi connectivity index (χ0n) is 12.7. The fraction of sp³-hybridized carbons (Fsp3) is 0.190. The first-order chi connectivity index (χ1) is 10.8. The number of rotatable bonds is 3. The van der Waals surface area contributed by atoms with Crippen LogP contribution in [-0.2, 0) is 0 Å². The first-order valence-electron chi connectivity index (χ1n) is 7.38. The molecular weight excluding hydrogens is 268 g/mol. The number of aldehydes is 1. The third-order valence-electron chi connectivity index (χ3n) is 3.20. The van der Waals surface area contributed by atoms with Crippen molar-refractivity contribution < 1.29 is 4.79 Å². The van der Waals surface area contributed by atoms with Crippen LogP contribution in [0.3, 0.4) is 0 Å². The molecule has 0 fully saturated rings. The van der Waals surface area contributed by atoms with Gasteiger partial charge in [-0.05, 0) is 31.5 Å². The lowest BCUT2D eigenvalue weighted by molar-refractivity contribution is 0.112. The van der Waals surface area contributed by atoms with Crippen LogP contribution in [0.4, 0.5) is 0 Å². The molecule has 0 aromatic heterocycles. The minimum Gasteiger partial charge on any atom is -0.298 e. The summed E-state index contributed by atoms with van der Waals surface area (Å²) < 4.78 is 0. The topological polar surface area (TPSA) is 17.1 Å². The predicted molar refractivity (Wildman–Crippen MR) is 90.6 cm³/mol. The Kier molecular flexibility index (Phi) is 6.03. The molecule has 0 atom stereocenters. The molecule has 108 valence electrons. The van der Waals surface area contributed by atoms with E-state index in [9.17, 15) is 4.79 Å². The van der Waals surface area contributed by atoms with Crippen LogP contribution in [0.25, 0.3) is 0 Å². The fourth-order valence-electron chi connectivity index (χ4n) is 1.94. The SMILES string of the molecule is Cc1ccc(C#CCCCC#Cc2ccccc2C=O)cc1. The van der Waals surface area contributed by atoms with Gasteiger partial charge in [0.25, 0.3) is 0 Å². The van der Waals surface area contributed by atoms with Gasteiger partial charge in [0.15, 0.2) is 6.29 Å². The maximum Gasteiger partial charge on any atom is 0.151 e. The Morgan fingerprint density at radius 1 is 0.909 bits per heavy atom. The van der Waals surface area contributed by atoms with Crippen molar-refractivity contribution in [2.75, 3.05) is 0 Å². The highest BCUT2D eigenvalue weighted by Crippen LogP contribution is 2.04. The maximum atomic E-state index is 10.9. The number of unbranched alkanes of at least 4 members (excludes halogenated alkanes) is 2. The van der Waals surface area contributed by atoms with Gasteiger partial charge in [0, 0.05) is 29.5 Å². The minimum absolute atomic E-state index is 0.647. The van der Waals surface area contributed by atoms with E-state index in [-0.39, 0.29) is 0 Å². The lowest BCUT2D eigenvalue weighted by Crippen LogP contribution is -1.85. The van der Waals surface area contributed by atoms with Crippen LogP contribution in [-0.4, -0.2) is 6.29 Å². The van der Waals surface area contributed by atoms with Crippen LogP contribution in [0.1, 0.15) is 46.3 Å².